The van der Waals surface area contributed by atoms with Crippen LogP contribution in [0.2, 0.25) is 0 Å². The molecule has 0 aliphatic carbocycles. The van der Waals surface area contributed by atoms with E-state index in [4.69, 9.17) is 14.2 Å². The molecule has 1 amide bonds. The maximum atomic E-state index is 12.9. The van der Waals surface area contributed by atoms with Gasteiger partial charge < -0.3 is 19.5 Å². The standard InChI is InChI=1S/C19H16F3NO5/c20-19(21,22)14-6-2-1-5-13(14)18(25)27-11-17(24)23-9-12-10-26-15-7-3-4-8-16(15)28-12/h1-8,12H,9-11H2,(H,23,24)/t12-/m0/s1. The minimum Gasteiger partial charge on any atom is -0.486 e. The van der Waals surface area contributed by atoms with Gasteiger partial charge in [0, 0.05) is 0 Å². The summed E-state index contributed by atoms with van der Waals surface area (Å²) >= 11 is 0. The van der Waals surface area contributed by atoms with Gasteiger partial charge in [-0.1, -0.05) is 24.3 Å². The van der Waals surface area contributed by atoms with Gasteiger partial charge in [0.05, 0.1) is 17.7 Å². The summed E-state index contributed by atoms with van der Waals surface area (Å²) in [5, 5.41) is 2.49. The van der Waals surface area contributed by atoms with Gasteiger partial charge in [-0.05, 0) is 24.3 Å². The van der Waals surface area contributed by atoms with Crippen molar-refractivity contribution in [2.75, 3.05) is 19.8 Å². The van der Waals surface area contributed by atoms with Crippen molar-refractivity contribution in [2.45, 2.75) is 12.3 Å². The number of nitrogens with one attached hydrogen (secondary N) is 1. The molecule has 2 aromatic carbocycles. The monoisotopic (exact) mass is 395 g/mol. The van der Waals surface area contributed by atoms with Crippen molar-refractivity contribution in [3.63, 3.8) is 0 Å². The van der Waals surface area contributed by atoms with E-state index in [-0.39, 0.29) is 13.2 Å². The van der Waals surface area contributed by atoms with Crippen LogP contribution in [0.1, 0.15) is 15.9 Å². The number of benzene rings is 2. The SMILES string of the molecule is O=C(COC(=O)c1ccccc1C(F)(F)F)NC[C@H]1COc2ccccc2O1. The minimum absolute atomic E-state index is 0.0872. The van der Waals surface area contributed by atoms with Gasteiger partial charge in [-0.15, -0.1) is 0 Å². The first-order chi connectivity index (χ1) is 13.3. The van der Waals surface area contributed by atoms with Crippen LogP contribution in [0.25, 0.3) is 0 Å². The van der Waals surface area contributed by atoms with E-state index in [1.807, 2.05) is 0 Å². The number of rotatable bonds is 5. The minimum atomic E-state index is -4.70. The van der Waals surface area contributed by atoms with E-state index >= 15 is 0 Å². The number of ether oxygens (including phenoxy) is 3. The van der Waals surface area contributed by atoms with Crippen LogP contribution in [0.4, 0.5) is 13.2 Å². The average molecular weight is 395 g/mol. The van der Waals surface area contributed by atoms with Crippen molar-refractivity contribution in [2.24, 2.45) is 0 Å². The molecule has 0 radical (unpaired) electrons. The molecule has 0 fully saturated rings. The summed E-state index contributed by atoms with van der Waals surface area (Å²) in [4.78, 5) is 23.8. The van der Waals surface area contributed by atoms with Gasteiger partial charge in [0.15, 0.2) is 18.1 Å². The first-order valence-corrected chi connectivity index (χ1v) is 8.33. The third-order valence-corrected chi connectivity index (χ3v) is 3.88. The molecule has 6 nitrogen and oxygen atoms in total. The lowest BCUT2D eigenvalue weighted by Gasteiger charge is -2.26. The highest BCUT2D eigenvalue weighted by Crippen LogP contribution is 2.32. The lowest BCUT2D eigenvalue weighted by atomic mass is 10.1. The van der Waals surface area contributed by atoms with Gasteiger partial charge >= 0.3 is 12.1 Å². The average Bonchev–Trinajstić information content (AvgIpc) is 2.69. The quantitative estimate of drug-likeness (QED) is 0.789. The van der Waals surface area contributed by atoms with Crippen LogP contribution in [-0.4, -0.2) is 37.7 Å². The number of hydrogen-bond donors (Lipinski definition) is 1. The van der Waals surface area contributed by atoms with Crippen molar-refractivity contribution in [3.05, 3.63) is 59.7 Å². The van der Waals surface area contributed by atoms with Crippen LogP contribution in [0.5, 0.6) is 11.5 Å². The van der Waals surface area contributed by atoms with E-state index < -0.39 is 41.9 Å². The highest BCUT2D eigenvalue weighted by atomic mass is 19.4. The van der Waals surface area contributed by atoms with Crippen molar-refractivity contribution in [1.82, 2.24) is 5.32 Å². The Labute approximate surface area is 158 Å². The van der Waals surface area contributed by atoms with Crippen LogP contribution in [0.3, 0.4) is 0 Å². The summed E-state index contributed by atoms with van der Waals surface area (Å²) in [7, 11) is 0. The Morgan fingerprint density at radius 3 is 2.50 bits per heavy atom. The molecular formula is C19H16F3NO5. The summed E-state index contributed by atoms with van der Waals surface area (Å²) in [5.41, 5.74) is -1.77. The molecule has 1 N–H and O–H groups in total. The molecule has 1 heterocycles. The Morgan fingerprint density at radius 2 is 1.75 bits per heavy atom. The Bertz CT molecular complexity index is 869. The van der Waals surface area contributed by atoms with E-state index in [9.17, 15) is 22.8 Å². The molecule has 1 aliphatic heterocycles. The fourth-order valence-electron chi connectivity index (χ4n) is 2.56. The van der Waals surface area contributed by atoms with Gasteiger partial charge in [-0.25, -0.2) is 4.79 Å². The predicted molar refractivity (Wildman–Crippen MR) is 91.1 cm³/mol. The summed E-state index contributed by atoms with van der Waals surface area (Å²) in [5.74, 6) is -0.750. The Hall–Kier alpha value is -3.23. The molecule has 0 aromatic heterocycles. The van der Waals surface area contributed by atoms with Crippen molar-refractivity contribution in [1.29, 1.82) is 0 Å². The summed E-state index contributed by atoms with van der Waals surface area (Å²) in [6.45, 7) is -0.408. The molecule has 28 heavy (non-hydrogen) atoms. The van der Waals surface area contributed by atoms with E-state index in [1.54, 1.807) is 24.3 Å². The number of carbonyl (C=O) groups excluding carboxylic acids is 2. The van der Waals surface area contributed by atoms with E-state index in [0.717, 1.165) is 18.2 Å². The van der Waals surface area contributed by atoms with Gasteiger partial charge in [0.1, 0.15) is 12.7 Å². The van der Waals surface area contributed by atoms with Crippen LogP contribution in [-0.2, 0) is 15.7 Å². The lowest BCUT2D eigenvalue weighted by molar-refractivity contribution is -0.138. The molecule has 1 aliphatic rings. The summed E-state index contributed by atoms with van der Waals surface area (Å²) in [6, 6.07) is 11.3. The molecule has 0 unspecified atom stereocenters. The Morgan fingerprint density at radius 1 is 1.07 bits per heavy atom. The normalized spacial score (nSPS) is 15.6. The zero-order valence-electron chi connectivity index (χ0n) is 14.5. The molecule has 0 saturated carbocycles. The van der Waals surface area contributed by atoms with E-state index in [2.05, 4.69) is 5.32 Å². The highest BCUT2D eigenvalue weighted by Gasteiger charge is 2.35. The summed E-state index contributed by atoms with van der Waals surface area (Å²) in [6.07, 6.45) is -5.15. The maximum Gasteiger partial charge on any atom is 0.417 e. The number of fused-ring (bicyclic) bond motifs is 1. The van der Waals surface area contributed by atoms with Crippen molar-refractivity contribution < 1.29 is 37.0 Å². The van der Waals surface area contributed by atoms with Crippen LogP contribution in [0.15, 0.2) is 48.5 Å². The van der Waals surface area contributed by atoms with Crippen LogP contribution >= 0.6 is 0 Å². The molecule has 3 rings (SSSR count). The van der Waals surface area contributed by atoms with Gasteiger partial charge in [-0.2, -0.15) is 13.2 Å². The number of halogens is 3. The van der Waals surface area contributed by atoms with Gasteiger partial charge in [0.2, 0.25) is 0 Å². The second-order valence-corrected chi connectivity index (χ2v) is 5.92. The number of para-hydroxylation sites is 2. The first-order valence-electron chi connectivity index (χ1n) is 8.33. The number of esters is 1. The largest absolute Gasteiger partial charge is 0.486 e. The molecular weight excluding hydrogens is 379 g/mol. The maximum absolute atomic E-state index is 12.9. The topological polar surface area (TPSA) is 73.9 Å². The predicted octanol–water partition coefficient (Wildman–Crippen LogP) is 2.82. The third-order valence-electron chi connectivity index (χ3n) is 3.88. The van der Waals surface area contributed by atoms with E-state index in [1.165, 1.54) is 6.07 Å². The highest BCUT2D eigenvalue weighted by molar-refractivity contribution is 5.93. The zero-order valence-corrected chi connectivity index (χ0v) is 14.5. The molecule has 2 aromatic rings. The third kappa shape index (κ3) is 4.73. The fourth-order valence-corrected chi connectivity index (χ4v) is 2.56. The second kappa shape index (κ2) is 8.20. The first kappa shape index (κ1) is 19.5. The Kier molecular flexibility index (Phi) is 5.72. The van der Waals surface area contributed by atoms with Gasteiger partial charge in [-0.3, -0.25) is 4.79 Å². The molecule has 0 spiro atoms. The molecule has 148 valence electrons. The number of alkyl halides is 3. The Balaban J connectivity index is 1.48. The molecule has 1 atom stereocenters. The molecule has 9 heteroatoms. The number of amides is 1. The van der Waals surface area contributed by atoms with Gasteiger partial charge in [0.25, 0.3) is 5.91 Å². The zero-order chi connectivity index (χ0) is 20.1. The second-order valence-electron chi connectivity index (χ2n) is 5.92. The lowest BCUT2D eigenvalue weighted by Crippen LogP contribution is -2.42. The summed E-state index contributed by atoms with van der Waals surface area (Å²) < 4.78 is 54.6. The molecule has 0 saturated heterocycles. The van der Waals surface area contributed by atoms with Crippen molar-refractivity contribution >= 4 is 11.9 Å². The fraction of sp³-hybridized carbons (Fsp3) is 0.263. The number of hydrogen-bond acceptors (Lipinski definition) is 5. The van der Waals surface area contributed by atoms with Crippen molar-refractivity contribution in [3.8, 4) is 11.5 Å². The van der Waals surface area contributed by atoms with Crippen LogP contribution < -0.4 is 14.8 Å². The van der Waals surface area contributed by atoms with E-state index in [0.29, 0.717) is 11.5 Å². The molecule has 0 bridgehead atoms. The number of carbonyl (C=O) groups is 2. The smallest absolute Gasteiger partial charge is 0.417 e. The van der Waals surface area contributed by atoms with Crippen LogP contribution in [0, 0.1) is 0 Å².